The summed E-state index contributed by atoms with van der Waals surface area (Å²) in [5.74, 6) is 2.27. The highest BCUT2D eigenvalue weighted by Gasteiger charge is 2.24. The molecule has 1 aromatic heterocycles. The second-order valence-electron chi connectivity index (χ2n) is 6.95. The van der Waals surface area contributed by atoms with E-state index in [1.165, 1.54) is 5.56 Å². The lowest BCUT2D eigenvalue weighted by molar-refractivity contribution is 0.0734. The van der Waals surface area contributed by atoms with E-state index in [0.29, 0.717) is 37.6 Å². The summed E-state index contributed by atoms with van der Waals surface area (Å²) < 4.78 is 16.2. The van der Waals surface area contributed by atoms with Crippen molar-refractivity contribution >= 4 is 11.7 Å². The van der Waals surface area contributed by atoms with Crippen LogP contribution in [0.5, 0.6) is 11.5 Å². The molecule has 2 aliphatic rings. The molecule has 7 nitrogen and oxygen atoms in total. The van der Waals surface area contributed by atoms with Crippen molar-refractivity contribution in [1.29, 1.82) is 0 Å². The van der Waals surface area contributed by atoms with Gasteiger partial charge in [-0.05, 0) is 41.8 Å². The van der Waals surface area contributed by atoms with Gasteiger partial charge in [-0.2, -0.15) is 0 Å². The van der Waals surface area contributed by atoms with Gasteiger partial charge in [0.1, 0.15) is 5.82 Å². The third-order valence-electron chi connectivity index (χ3n) is 5.33. The number of methoxy groups -OCH3 is 2. The van der Waals surface area contributed by atoms with Crippen LogP contribution in [0.1, 0.15) is 21.5 Å². The number of benzene rings is 1. The SMILES string of the molecule is COc1cc2c(cc1OC)CN(C(=O)c1ccnc(N3CCOCC3)c1)CC2. The van der Waals surface area contributed by atoms with Gasteiger partial charge in [-0.1, -0.05) is 0 Å². The number of ether oxygens (including phenoxy) is 3. The largest absolute Gasteiger partial charge is 0.493 e. The maximum atomic E-state index is 13.1. The van der Waals surface area contributed by atoms with Crippen LogP contribution in [-0.2, 0) is 17.7 Å². The van der Waals surface area contributed by atoms with Crippen molar-refractivity contribution in [2.24, 2.45) is 0 Å². The van der Waals surface area contributed by atoms with Crippen LogP contribution in [0, 0.1) is 0 Å². The molecule has 0 spiro atoms. The molecule has 4 rings (SSSR count). The molecule has 3 heterocycles. The van der Waals surface area contributed by atoms with Gasteiger partial charge < -0.3 is 24.0 Å². The van der Waals surface area contributed by atoms with Crippen molar-refractivity contribution in [2.45, 2.75) is 13.0 Å². The molecule has 1 saturated heterocycles. The molecule has 1 aromatic carbocycles. The van der Waals surface area contributed by atoms with Gasteiger partial charge in [0.25, 0.3) is 5.91 Å². The first kappa shape index (κ1) is 18.6. The van der Waals surface area contributed by atoms with Crippen LogP contribution >= 0.6 is 0 Å². The summed E-state index contributed by atoms with van der Waals surface area (Å²) in [5.41, 5.74) is 2.96. The second-order valence-corrected chi connectivity index (χ2v) is 6.95. The minimum atomic E-state index is 0.0253. The maximum Gasteiger partial charge on any atom is 0.254 e. The Labute approximate surface area is 164 Å². The molecule has 0 saturated carbocycles. The molecule has 0 atom stereocenters. The number of anilines is 1. The number of fused-ring (bicyclic) bond motifs is 1. The molecule has 148 valence electrons. The Kier molecular flexibility index (Phi) is 5.34. The summed E-state index contributed by atoms with van der Waals surface area (Å²) in [6.07, 6.45) is 2.51. The minimum Gasteiger partial charge on any atom is -0.493 e. The van der Waals surface area contributed by atoms with E-state index in [-0.39, 0.29) is 5.91 Å². The standard InChI is InChI=1S/C21H25N3O4/c1-26-18-11-15-4-6-24(14-17(15)12-19(18)27-2)21(25)16-3-5-22-20(13-16)23-7-9-28-10-8-23/h3,5,11-13H,4,6-10,14H2,1-2H3. The zero-order valence-electron chi connectivity index (χ0n) is 16.3. The number of aromatic nitrogens is 1. The van der Waals surface area contributed by atoms with Crippen LogP contribution < -0.4 is 14.4 Å². The number of rotatable bonds is 4. The van der Waals surface area contributed by atoms with E-state index in [4.69, 9.17) is 14.2 Å². The zero-order valence-corrected chi connectivity index (χ0v) is 16.3. The van der Waals surface area contributed by atoms with Crippen molar-refractivity contribution in [3.8, 4) is 11.5 Å². The minimum absolute atomic E-state index is 0.0253. The van der Waals surface area contributed by atoms with Crippen LogP contribution in [0.25, 0.3) is 0 Å². The third kappa shape index (κ3) is 3.62. The first-order valence-corrected chi connectivity index (χ1v) is 9.51. The fraction of sp³-hybridized carbons (Fsp3) is 0.429. The predicted octanol–water partition coefficient (Wildman–Crippen LogP) is 2.13. The van der Waals surface area contributed by atoms with Crippen molar-refractivity contribution in [3.05, 3.63) is 47.2 Å². The van der Waals surface area contributed by atoms with E-state index in [2.05, 4.69) is 9.88 Å². The normalized spacial score (nSPS) is 16.5. The molecule has 1 fully saturated rings. The second kappa shape index (κ2) is 8.06. The van der Waals surface area contributed by atoms with Gasteiger partial charge in [-0.15, -0.1) is 0 Å². The highest BCUT2D eigenvalue weighted by atomic mass is 16.5. The number of hydrogen-bond donors (Lipinski definition) is 0. The van der Waals surface area contributed by atoms with E-state index >= 15 is 0 Å². The zero-order chi connectivity index (χ0) is 19.5. The molecule has 0 bridgehead atoms. The molecular weight excluding hydrogens is 358 g/mol. The van der Waals surface area contributed by atoms with Gasteiger partial charge in [0.2, 0.25) is 0 Å². The van der Waals surface area contributed by atoms with Gasteiger partial charge in [0, 0.05) is 37.9 Å². The molecule has 7 heteroatoms. The van der Waals surface area contributed by atoms with Crippen molar-refractivity contribution in [3.63, 3.8) is 0 Å². The van der Waals surface area contributed by atoms with E-state index < -0.39 is 0 Å². The lowest BCUT2D eigenvalue weighted by Crippen LogP contribution is -2.38. The first-order valence-electron chi connectivity index (χ1n) is 9.51. The predicted molar refractivity (Wildman–Crippen MR) is 105 cm³/mol. The van der Waals surface area contributed by atoms with Crippen LogP contribution in [-0.4, -0.2) is 62.9 Å². The molecule has 0 aliphatic carbocycles. The molecule has 2 aromatic rings. The Bertz CT molecular complexity index is 865. The highest BCUT2D eigenvalue weighted by molar-refractivity contribution is 5.95. The van der Waals surface area contributed by atoms with Crippen LogP contribution in [0.4, 0.5) is 5.82 Å². The summed E-state index contributed by atoms with van der Waals surface area (Å²) in [6, 6.07) is 7.66. The van der Waals surface area contributed by atoms with E-state index in [1.807, 2.05) is 23.1 Å². The summed E-state index contributed by atoms with van der Waals surface area (Å²) in [7, 11) is 3.26. The molecule has 0 radical (unpaired) electrons. The van der Waals surface area contributed by atoms with Crippen molar-refractivity contribution in [2.75, 3.05) is 52.0 Å². The number of hydrogen-bond acceptors (Lipinski definition) is 6. The lowest BCUT2D eigenvalue weighted by atomic mass is 9.98. The number of amides is 1. The lowest BCUT2D eigenvalue weighted by Gasteiger charge is -2.30. The average molecular weight is 383 g/mol. The third-order valence-corrected chi connectivity index (χ3v) is 5.33. The fourth-order valence-electron chi connectivity index (χ4n) is 3.76. The van der Waals surface area contributed by atoms with Gasteiger partial charge in [-0.25, -0.2) is 4.98 Å². The monoisotopic (exact) mass is 383 g/mol. The number of carbonyl (C=O) groups is 1. The van der Waals surface area contributed by atoms with E-state index in [1.54, 1.807) is 26.5 Å². The average Bonchev–Trinajstić information content (AvgIpc) is 2.77. The van der Waals surface area contributed by atoms with Crippen LogP contribution in [0.3, 0.4) is 0 Å². The molecule has 28 heavy (non-hydrogen) atoms. The molecule has 0 unspecified atom stereocenters. The highest BCUT2D eigenvalue weighted by Crippen LogP contribution is 2.33. The Balaban J connectivity index is 1.53. The maximum absolute atomic E-state index is 13.1. The summed E-state index contributed by atoms with van der Waals surface area (Å²) in [4.78, 5) is 21.6. The molecule has 0 N–H and O–H groups in total. The quantitative estimate of drug-likeness (QED) is 0.806. The van der Waals surface area contributed by atoms with E-state index in [0.717, 1.165) is 36.6 Å². The van der Waals surface area contributed by atoms with Gasteiger partial charge in [0.15, 0.2) is 11.5 Å². The first-order chi connectivity index (χ1) is 13.7. The topological polar surface area (TPSA) is 64.1 Å². The van der Waals surface area contributed by atoms with Gasteiger partial charge in [-0.3, -0.25) is 4.79 Å². The molecule has 1 amide bonds. The summed E-state index contributed by atoms with van der Waals surface area (Å²) >= 11 is 0. The summed E-state index contributed by atoms with van der Waals surface area (Å²) in [6.45, 7) is 4.20. The number of morpholine rings is 1. The number of pyridine rings is 1. The van der Waals surface area contributed by atoms with Gasteiger partial charge in [0.05, 0.1) is 27.4 Å². The fourth-order valence-corrected chi connectivity index (χ4v) is 3.76. The Hall–Kier alpha value is -2.80. The smallest absolute Gasteiger partial charge is 0.254 e. The van der Waals surface area contributed by atoms with Crippen LogP contribution in [0.15, 0.2) is 30.5 Å². The summed E-state index contributed by atoms with van der Waals surface area (Å²) in [5, 5.41) is 0. The Morgan fingerprint density at radius 3 is 2.46 bits per heavy atom. The van der Waals surface area contributed by atoms with Crippen LogP contribution in [0.2, 0.25) is 0 Å². The molecule has 2 aliphatic heterocycles. The number of nitrogens with zero attached hydrogens (tertiary/aromatic N) is 3. The Morgan fingerprint density at radius 2 is 1.75 bits per heavy atom. The molecular formula is C21H25N3O4. The Morgan fingerprint density at radius 1 is 1.04 bits per heavy atom. The number of carbonyl (C=O) groups excluding carboxylic acids is 1. The van der Waals surface area contributed by atoms with Crippen molar-refractivity contribution < 1.29 is 19.0 Å². The van der Waals surface area contributed by atoms with Gasteiger partial charge >= 0.3 is 0 Å². The van der Waals surface area contributed by atoms with E-state index in [9.17, 15) is 4.79 Å². The van der Waals surface area contributed by atoms with Crippen molar-refractivity contribution in [1.82, 2.24) is 9.88 Å².